The lowest BCUT2D eigenvalue weighted by atomic mass is 9.87. The van der Waals surface area contributed by atoms with Crippen LogP contribution in [0.2, 0.25) is 0 Å². The molecular weight excluding hydrogens is 248 g/mol. The molecule has 1 aromatic rings. The van der Waals surface area contributed by atoms with E-state index in [0.29, 0.717) is 6.04 Å². The van der Waals surface area contributed by atoms with Crippen LogP contribution in [0.25, 0.3) is 0 Å². The average Bonchev–Trinajstić information content (AvgIpc) is 2.39. The van der Waals surface area contributed by atoms with E-state index in [1.807, 2.05) is 32.0 Å². The van der Waals surface area contributed by atoms with Crippen LogP contribution in [0.4, 0.5) is 11.4 Å². The van der Waals surface area contributed by atoms with Crippen molar-refractivity contribution in [3.8, 4) is 0 Å². The van der Waals surface area contributed by atoms with Gasteiger partial charge in [-0.05, 0) is 37.0 Å². The average molecular weight is 274 g/mol. The summed E-state index contributed by atoms with van der Waals surface area (Å²) in [5.74, 6) is 0.879. The Kier molecular flexibility index (Phi) is 5.05. The van der Waals surface area contributed by atoms with Crippen molar-refractivity contribution in [2.24, 2.45) is 11.8 Å². The Labute approximate surface area is 122 Å². The van der Waals surface area contributed by atoms with E-state index in [9.17, 15) is 4.79 Å². The Morgan fingerprint density at radius 3 is 2.70 bits per heavy atom. The molecule has 0 heterocycles. The third-order valence-electron chi connectivity index (χ3n) is 3.96. The largest absolute Gasteiger partial charge is 0.382 e. The molecule has 110 valence electrons. The van der Waals surface area contributed by atoms with Gasteiger partial charge in [-0.3, -0.25) is 4.79 Å². The standard InChI is InChI=1S/C17H26N2O/c1-12(2)17(20)19-16-9-5-8-15(11-16)18-14-7-4-6-13(3)10-14/h5,8-9,11-14,18H,4,6-7,10H2,1-3H3,(H,19,20). The lowest BCUT2D eigenvalue weighted by Crippen LogP contribution is -2.26. The lowest BCUT2D eigenvalue weighted by Gasteiger charge is -2.28. The van der Waals surface area contributed by atoms with Crippen molar-refractivity contribution in [2.75, 3.05) is 10.6 Å². The summed E-state index contributed by atoms with van der Waals surface area (Å²) < 4.78 is 0. The van der Waals surface area contributed by atoms with Crippen LogP contribution in [0, 0.1) is 11.8 Å². The highest BCUT2D eigenvalue weighted by Gasteiger charge is 2.18. The van der Waals surface area contributed by atoms with Crippen LogP contribution in [0.3, 0.4) is 0 Å². The molecule has 1 fully saturated rings. The van der Waals surface area contributed by atoms with Gasteiger partial charge in [0.15, 0.2) is 0 Å². The van der Waals surface area contributed by atoms with Gasteiger partial charge >= 0.3 is 0 Å². The highest BCUT2D eigenvalue weighted by molar-refractivity contribution is 5.92. The maximum atomic E-state index is 11.7. The minimum atomic E-state index is 0.00538. The maximum absolute atomic E-state index is 11.7. The second-order valence-corrected chi connectivity index (χ2v) is 6.34. The molecule has 2 unspecified atom stereocenters. The zero-order valence-electron chi connectivity index (χ0n) is 12.8. The Bertz CT molecular complexity index is 456. The van der Waals surface area contributed by atoms with Gasteiger partial charge in [0.25, 0.3) is 0 Å². The zero-order chi connectivity index (χ0) is 14.5. The first kappa shape index (κ1) is 14.9. The van der Waals surface area contributed by atoms with Gasteiger partial charge in [-0.25, -0.2) is 0 Å². The number of carbonyl (C=O) groups is 1. The molecule has 20 heavy (non-hydrogen) atoms. The topological polar surface area (TPSA) is 41.1 Å². The molecule has 0 spiro atoms. The summed E-state index contributed by atoms with van der Waals surface area (Å²) in [5.41, 5.74) is 1.98. The normalized spacial score (nSPS) is 22.6. The third kappa shape index (κ3) is 4.26. The molecule has 2 atom stereocenters. The van der Waals surface area contributed by atoms with Crippen molar-refractivity contribution in [2.45, 2.75) is 52.5 Å². The van der Waals surface area contributed by atoms with E-state index in [1.165, 1.54) is 25.7 Å². The summed E-state index contributed by atoms with van der Waals surface area (Å²) in [5, 5.41) is 6.55. The molecule has 1 saturated carbocycles. The van der Waals surface area contributed by atoms with Gasteiger partial charge < -0.3 is 10.6 Å². The van der Waals surface area contributed by atoms with E-state index in [0.717, 1.165) is 17.3 Å². The number of benzene rings is 1. The summed E-state index contributed by atoms with van der Waals surface area (Å²) in [4.78, 5) is 11.7. The van der Waals surface area contributed by atoms with Crippen LogP contribution in [0.15, 0.2) is 24.3 Å². The molecule has 0 aromatic heterocycles. The highest BCUT2D eigenvalue weighted by Crippen LogP contribution is 2.27. The predicted octanol–water partition coefficient (Wildman–Crippen LogP) is 4.27. The molecule has 0 saturated heterocycles. The predicted molar refractivity (Wildman–Crippen MR) is 85.0 cm³/mol. The monoisotopic (exact) mass is 274 g/mol. The fraction of sp³-hybridized carbons (Fsp3) is 0.588. The minimum Gasteiger partial charge on any atom is -0.382 e. The number of amides is 1. The molecule has 1 aliphatic rings. The maximum Gasteiger partial charge on any atom is 0.226 e. The van der Waals surface area contributed by atoms with Gasteiger partial charge in [0, 0.05) is 23.3 Å². The highest BCUT2D eigenvalue weighted by atomic mass is 16.1. The van der Waals surface area contributed by atoms with Crippen LogP contribution < -0.4 is 10.6 Å². The van der Waals surface area contributed by atoms with Crippen molar-refractivity contribution in [1.82, 2.24) is 0 Å². The van der Waals surface area contributed by atoms with E-state index >= 15 is 0 Å². The van der Waals surface area contributed by atoms with Gasteiger partial charge in [-0.2, -0.15) is 0 Å². The quantitative estimate of drug-likeness (QED) is 0.860. The first-order chi connectivity index (χ1) is 9.54. The number of carbonyl (C=O) groups excluding carboxylic acids is 1. The SMILES string of the molecule is CC1CCCC(Nc2cccc(NC(=O)C(C)C)c2)C1. The molecule has 1 aliphatic carbocycles. The molecule has 1 aromatic carbocycles. The summed E-state index contributed by atoms with van der Waals surface area (Å²) in [6.45, 7) is 6.13. The molecule has 0 radical (unpaired) electrons. The van der Waals surface area contributed by atoms with Crippen LogP contribution in [0.5, 0.6) is 0 Å². The summed E-state index contributed by atoms with van der Waals surface area (Å²) in [6.07, 6.45) is 5.14. The molecule has 2 rings (SSSR count). The number of rotatable bonds is 4. The van der Waals surface area contributed by atoms with Gasteiger partial charge in [-0.1, -0.05) is 39.7 Å². The summed E-state index contributed by atoms with van der Waals surface area (Å²) in [7, 11) is 0. The minimum absolute atomic E-state index is 0.00538. The first-order valence-corrected chi connectivity index (χ1v) is 7.72. The number of nitrogens with one attached hydrogen (secondary N) is 2. The second-order valence-electron chi connectivity index (χ2n) is 6.34. The Hall–Kier alpha value is -1.51. The van der Waals surface area contributed by atoms with Crippen molar-refractivity contribution in [3.05, 3.63) is 24.3 Å². The Morgan fingerprint density at radius 1 is 1.25 bits per heavy atom. The second kappa shape index (κ2) is 6.78. The van der Waals surface area contributed by atoms with E-state index < -0.39 is 0 Å². The number of hydrogen-bond acceptors (Lipinski definition) is 2. The van der Waals surface area contributed by atoms with E-state index in [2.05, 4.69) is 23.6 Å². The van der Waals surface area contributed by atoms with E-state index in [-0.39, 0.29) is 11.8 Å². The fourth-order valence-electron chi connectivity index (χ4n) is 2.77. The van der Waals surface area contributed by atoms with Gasteiger partial charge in [0.05, 0.1) is 0 Å². The Balaban J connectivity index is 1.97. The number of anilines is 2. The molecule has 0 aliphatic heterocycles. The van der Waals surface area contributed by atoms with Crippen molar-refractivity contribution < 1.29 is 4.79 Å². The Morgan fingerprint density at radius 2 is 2.00 bits per heavy atom. The molecule has 0 bridgehead atoms. The third-order valence-corrected chi connectivity index (χ3v) is 3.96. The van der Waals surface area contributed by atoms with Crippen LogP contribution >= 0.6 is 0 Å². The molecule has 3 heteroatoms. The smallest absolute Gasteiger partial charge is 0.226 e. The van der Waals surface area contributed by atoms with Gasteiger partial charge in [0.1, 0.15) is 0 Å². The van der Waals surface area contributed by atoms with Crippen molar-refractivity contribution in [1.29, 1.82) is 0 Å². The molecule has 3 nitrogen and oxygen atoms in total. The zero-order valence-corrected chi connectivity index (χ0v) is 12.8. The van der Waals surface area contributed by atoms with Crippen LogP contribution in [-0.4, -0.2) is 11.9 Å². The van der Waals surface area contributed by atoms with Crippen molar-refractivity contribution >= 4 is 17.3 Å². The summed E-state index contributed by atoms with van der Waals surface area (Å²) >= 11 is 0. The molecule has 2 N–H and O–H groups in total. The first-order valence-electron chi connectivity index (χ1n) is 7.72. The summed E-state index contributed by atoms with van der Waals surface area (Å²) in [6, 6.07) is 8.60. The fourth-order valence-corrected chi connectivity index (χ4v) is 2.77. The van der Waals surface area contributed by atoms with Crippen molar-refractivity contribution in [3.63, 3.8) is 0 Å². The van der Waals surface area contributed by atoms with Gasteiger partial charge in [0.2, 0.25) is 5.91 Å². The van der Waals surface area contributed by atoms with Gasteiger partial charge in [-0.15, -0.1) is 0 Å². The van der Waals surface area contributed by atoms with E-state index in [4.69, 9.17) is 0 Å². The molecule has 1 amide bonds. The van der Waals surface area contributed by atoms with E-state index in [1.54, 1.807) is 0 Å². The van der Waals surface area contributed by atoms with Crippen LogP contribution in [-0.2, 0) is 4.79 Å². The number of hydrogen-bond donors (Lipinski definition) is 2. The molecular formula is C17H26N2O. The lowest BCUT2D eigenvalue weighted by molar-refractivity contribution is -0.118. The van der Waals surface area contributed by atoms with Crippen LogP contribution in [0.1, 0.15) is 46.5 Å².